The lowest BCUT2D eigenvalue weighted by Crippen LogP contribution is -2.17. The van der Waals surface area contributed by atoms with Gasteiger partial charge in [0, 0.05) is 11.8 Å². The Morgan fingerprint density at radius 2 is 1.58 bits per heavy atom. The summed E-state index contributed by atoms with van der Waals surface area (Å²) in [6, 6.07) is 9.86. The Kier molecular flexibility index (Phi) is 3.25. The minimum Gasteiger partial charge on any atom is -0.508 e. The van der Waals surface area contributed by atoms with Gasteiger partial charge in [-0.15, -0.1) is 13.2 Å². The first-order valence-corrected chi connectivity index (χ1v) is 5.29. The Labute approximate surface area is 107 Å². The number of hydrogen-bond acceptors (Lipinski definition) is 3. The van der Waals surface area contributed by atoms with Gasteiger partial charge in [-0.2, -0.15) is 0 Å². The van der Waals surface area contributed by atoms with Crippen LogP contribution in [0.5, 0.6) is 11.5 Å². The molecule has 0 atom stereocenters. The highest BCUT2D eigenvalue weighted by atomic mass is 19.4. The number of halogens is 3. The van der Waals surface area contributed by atoms with E-state index in [0.29, 0.717) is 11.1 Å². The molecule has 0 radical (unpaired) electrons. The number of hydrogen-bond donors (Lipinski definition) is 2. The predicted molar refractivity (Wildman–Crippen MR) is 64.6 cm³/mol. The maximum Gasteiger partial charge on any atom is 0.573 e. The van der Waals surface area contributed by atoms with Crippen molar-refractivity contribution in [3.05, 3.63) is 42.5 Å². The van der Waals surface area contributed by atoms with Gasteiger partial charge in [0.05, 0.1) is 0 Å². The van der Waals surface area contributed by atoms with Crippen molar-refractivity contribution in [2.45, 2.75) is 6.36 Å². The van der Waals surface area contributed by atoms with Crippen LogP contribution in [0.25, 0.3) is 11.1 Å². The minimum absolute atomic E-state index is 0.0689. The van der Waals surface area contributed by atoms with E-state index in [2.05, 4.69) is 4.74 Å². The number of alkyl halides is 3. The zero-order valence-electron chi connectivity index (χ0n) is 9.61. The highest BCUT2D eigenvalue weighted by Gasteiger charge is 2.31. The van der Waals surface area contributed by atoms with Crippen LogP contribution in [-0.2, 0) is 0 Å². The molecule has 0 aliphatic heterocycles. The molecule has 2 aromatic rings. The van der Waals surface area contributed by atoms with E-state index in [1.54, 1.807) is 12.1 Å². The SMILES string of the molecule is Nc1cc(OC(F)(F)F)cc(-c2ccc(O)cc2)c1. The first-order valence-electron chi connectivity index (χ1n) is 5.29. The summed E-state index contributed by atoms with van der Waals surface area (Å²) >= 11 is 0. The van der Waals surface area contributed by atoms with Gasteiger partial charge in [0.2, 0.25) is 0 Å². The molecule has 0 saturated heterocycles. The topological polar surface area (TPSA) is 55.5 Å². The zero-order valence-corrected chi connectivity index (χ0v) is 9.61. The summed E-state index contributed by atoms with van der Waals surface area (Å²) in [6.45, 7) is 0. The summed E-state index contributed by atoms with van der Waals surface area (Å²) in [4.78, 5) is 0. The smallest absolute Gasteiger partial charge is 0.508 e. The first-order chi connectivity index (χ1) is 8.83. The van der Waals surface area contributed by atoms with E-state index >= 15 is 0 Å². The summed E-state index contributed by atoms with van der Waals surface area (Å²) in [7, 11) is 0. The van der Waals surface area contributed by atoms with Crippen molar-refractivity contribution in [1.29, 1.82) is 0 Å². The maximum atomic E-state index is 12.2. The molecular formula is C13H10F3NO2. The molecule has 19 heavy (non-hydrogen) atoms. The molecule has 2 rings (SSSR count). The maximum absolute atomic E-state index is 12.2. The lowest BCUT2D eigenvalue weighted by Gasteiger charge is -2.11. The van der Waals surface area contributed by atoms with Gasteiger partial charge in [0.15, 0.2) is 0 Å². The van der Waals surface area contributed by atoms with E-state index in [4.69, 9.17) is 10.8 Å². The van der Waals surface area contributed by atoms with Crippen LogP contribution < -0.4 is 10.5 Å². The lowest BCUT2D eigenvalue weighted by molar-refractivity contribution is -0.274. The standard InChI is InChI=1S/C13H10F3NO2/c14-13(15,16)19-12-6-9(5-10(17)7-12)8-1-3-11(18)4-2-8/h1-7,18H,17H2. The van der Waals surface area contributed by atoms with Crippen LogP contribution in [0, 0.1) is 0 Å². The van der Waals surface area contributed by atoms with Crippen LogP contribution in [0.2, 0.25) is 0 Å². The van der Waals surface area contributed by atoms with Crippen molar-refractivity contribution in [2.24, 2.45) is 0 Å². The fraction of sp³-hybridized carbons (Fsp3) is 0.0769. The number of anilines is 1. The first kappa shape index (κ1) is 13.1. The highest BCUT2D eigenvalue weighted by molar-refractivity contribution is 5.70. The van der Waals surface area contributed by atoms with Gasteiger partial charge in [-0.1, -0.05) is 12.1 Å². The molecule has 0 spiro atoms. The summed E-state index contributed by atoms with van der Waals surface area (Å²) in [6.07, 6.45) is -4.76. The van der Waals surface area contributed by atoms with Crippen LogP contribution in [0.3, 0.4) is 0 Å². The van der Waals surface area contributed by atoms with E-state index < -0.39 is 6.36 Å². The summed E-state index contributed by atoms with van der Waals surface area (Å²) in [5.74, 6) is -0.310. The fourth-order valence-corrected chi connectivity index (χ4v) is 1.64. The van der Waals surface area contributed by atoms with E-state index in [0.717, 1.165) is 6.07 Å². The molecule has 3 nitrogen and oxygen atoms in total. The van der Waals surface area contributed by atoms with Crippen LogP contribution in [0.4, 0.5) is 18.9 Å². The van der Waals surface area contributed by atoms with Gasteiger partial charge in [-0.3, -0.25) is 0 Å². The predicted octanol–water partition coefficient (Wildman–Crippen LogP) is 3.54. The fourth-order valence-electron chi connectivity index (χ4n) is 1.64. The number of rotatable bonds is 2. The molecular weight excluding hydrogens is 259 g/mol. The Hall–Kier alpha value is -2.37. The van der Waals surface area contributed by atoms with Crippen molar-refractivity contribution < 1.29 is 23.0 Å². The Balaban J connectivity index is 2.39. The van der Waals surface area contributed by atoms with E-state index in [9.17, 15) is 13.2 Å². The third kappa shape index (κ3) is 3.54. The second-order valence-electron chi connectivity index (χ2n) is 3.89. The van der Waals surface area contributed by atoms with Crippen molar-refractivity contribution >= 4 is 5.69 Å². The van der Waals surface area contributed by atoms with Crippen LogP contribution in [-0.4, -0.2) is 11.5 Å². The number of benzene rings is 2. The minimum atomic E-state index is -4.76. The molecule has 3 N–H and O–H groups in total. The Morgan fingerprint density at radius 3 is 2.16 bits per heavy atom. The zero-order chi connectivity index (χ0) is 14.0. The molecule has 2 aromatic carbocycles. The second-order valence-corrected chi connectivity index (χ2v) is 3.89. The van der Waals surface area contributed by atoms with Crippen LogP contribution in [0.15, 0.2) is 42.5 Å². The van der Waals surface area contributed by atoms with Crippen LogP contribution in [0.1, 0.15) is 0 Å². The molecule has 0 amide bonds. The van der Waals surface area contributed by atoms with Crippen molar-refractivity contribution in [3.63, 3.8) is 0 Å². The monoisotopic (exact) mass is 269 g/mol. The summed E-state index contributed by atoms with van der Waals surface area (Å²) in [5.41, 5.74) is 6.80. The average molecular weight is 269 g/mol. The van der Waals surface area contributed by atoms with Crippen molar-refractivity contribution in [2.75, 3.05) is 5.73 Å². The Bertz CT molecular complexity index is 579. The second kappa shape index (κ2) is 4.72. The van der Waals surface area contributed by atoms with Gasteiger partial charge in [-0.25, -0.2) is 0 Å². The Morgan fingerprint density at radius 1 is 0.947 bits per heavy atom. The summed E-state index contributed by atoms with van der Waals surface area (Å²) in [5, 5.41) is 9.17. The lowest BCUT2D eigenvalue weighted by atomic mass is 10.0. The van der Waals surface area contributed by atoms with Crippen molar-refractivity contribution in [1.82, 2.24) is 0 Å². The molecule has 0 saturated carbocycles. The number of aromatic hydroxyl groups is 1. The van der Waals surface area contributed by atoms with E-state index in [1.807, 2.05) is 0 Å². The molecule has 0 fully saturated rings. The average Bonchev–Trinajstić information content (AvgIpc) is 2.26. The molecule has 100 valence electrons. The third-order valence-electron chi connectivity index (χ3n) is 2.36. The molecule has 0 unspecified atom stereocenters. The molecule has 0 aliphatic rings. The van der Waals surface area contributed by atoms with Crippen molar-refractivity contribution in [3.8, 4) is 22.6 Å². The number of ether oxygens (including phenoxy) is 1. The van der Waals surface area contributed by atoms with Gasteiger partial charge in [0.25, 0.3) is 0 Å². The summed E-state index contributed by atoms with van der Waals surface area (Å²) < 4.78 is 40.3. The van der Waals surface area contributed by atoms with Gasteiger partial charge >= 0.3 is 6.36 Å². The van der Waals surface area contributed by atoms with Crippen LogP contribution >= 0.6 is 0 Å². The molecule has 0 bridgehead atoms. The van der Waals surface area contributed by atoms with E-state index in [-0.39, 0.29) is 17.2 Å². The molecule has 0 aromatic heterocycles. The molecule has 0 aliphatic carbocycles. The quantitative estimate of drug-likeness (QED) is 0.820. The number of phenols is 1. The number of nitrogens with two attached hydrogens (primary N) is 1. The normalized spacial score (nSPS) is 11.3. The number of phenolic OH excluding ortho intramolecular Hbond substituents is 1. The van der Waals surface area contributed by atoms with Gasteiger partial charge in [-0.05, 0) is 35.4 Å². The molecule has 0 heterocycles. The molecule has 6 heteroatoms. The largest absolute Gasteiger partial charge is 0.573 e. The third-order valence-corrected chi connectivity index (χ3v) is 2.36. The van der Waals surface area contributed by atoms with Gasteiger partial charge in [0.1, 0.15) is 11.5 Å². The number of nitrogen functional groups attached to an aromatic ring is 1. The highest BCUT2D eigenvalue weighted by Crippen LogP contribution is 2.31. The van der Waals surface area contributed by atoms with E-state index in [1.165, 1.54) is 24.3 Å². The van der Waals surface area contributed by atoms with Gasteiger partial charge < -0.3 is 15.6 Å².